The molecule has 0 spiro atoms. The summed E-state index contributed by atoms with van der Waals surface area (Å²) in [7, 11) is 0. The van der Waals surface area contributed by atoms with Gasteiger partial charge in [-0.05, 0) is 25.0 Å². The summed E-state index contributed by atoms with van der Waals surface area (Å²) in [6.07, 6.45) is 2.48. The molecule has 1 amide bonds. The highest BCUT2D eigenvalue weighted by molar-refractivity contribution is 6.40. The van der Waals surface area contributed by atoms with Crippen molar-refractivity contribution in [3.8, 4) is 0 Å². The fraction of sp³-hybridized carbons (Fsp3) is 0.500. The maximum Gasteiger partial charge on any atom is 0.226 e. The van der Waals surface area contributed by atoms with Crippen LogP contribution >= 0.6 is 23.2 Å². The Morgan fingerprint density at radius 1 is 1.43 bits per heavy atom. The lowest BCUT2D eigenvalue weighted by molar-refractivity contribution is -0.117. The van der Waals surface area contributed by atoms with Crippen molar-refractivity contribution in [1.82, 2.24) is 0 Å². The maximum atomic E-state index is 11.8. The molecular weight excluding hydrogens is 315 g/mol. The normalized spacial score (nSPS) is 17.9. The van der Waals surface area contributed by atoms with Crippen LogP contribution in [0.25, 0.3) is 0 Å². The van der Waals surface area contributed by atoms with Gasteiger partial charge in [-0.1, -0.05) is 23.2 Å². The number of nitrogen functional groups attached to an aromatic ring is 1. The first-order chi connectivity index (χ1) is 10.1. The number of amides is 1. The lowest BCUT2D eigenvalue weighted by Crippen LogP contribution is -2.18. The van der Waals surface area contributed by atoms with Gasteiger partial charge in [-0.15, -0.1) is 0 Å². The van der Waals surface area contributed by atoms with Crippen molar-refractivity contribution in [2.45, 2.75) is 25.4 Å². The summed E-state index contributed by atoms with van der Waals surface area (Å²) in [4.78, 5) is 11.8. The molecule has 1 aliphatic heterocycles. The zero-order valence-corrected chi connectivity index (χ0v) is 13.0. The van der Waals surface area contributed by atoms with Gasteiger partial charge in [0.1, 0.15) is 0 Å². The molecule has 0 aliphatic carbocycles. The second-order valence-corrected chi connectivity index (χ2v) is 5.68. The molecule has 0 aromatic heterocycles. The van der Waals surface area contributed by atoms with Gasteiger partial charge in [0.05, 0.1) is 41.5 Å². The topological polar surface area (TPSA) is 73.6 Å². The molecule has 7 heteroatoms. The first kappa shape index (κ1) is 16.4. The van der Waals surface area contributed by atoms with E-state index in [0.717, 1.165) is 19.4 Å². The first-order valence-electron chi connectivity index (χ1n) is 6.80. The van der Waals surface area contributed by atoms with Crippen LogP contribution in [-0.2, 0) is 14.3 Å². The van der Waals surface area contributed by atoms with E-state index in [0.29, 0.717) is 34.6 Å². The molecule has 1 saturated heterocycles. The lowest BCUT2D eigenvalue weighted by atomic mass is 10.2. The molecule has 1 aromatic carbocycles. The van der Waals surface area contributed by atoms with E-state index < -0.39 is 0 Å². The quantitative estimate of drug-likeness (QED) is 0.620. The monoisotopic (exact) mass is 332 g/mol. The highest BCUT2D eigenvalue weighted by atomic mass is 35.5. The van der Waals surface area contributed by atoms with Gasteiger partial charge < -0.3 is 20.5 Å². The molecule has 1 atom stereocenters. The molecule has 21 heavy (non-hydrogen) atoms. The highest BCUT2D eigenvalue weighted by Crippen LogP contribution is 2.32. The van der Waals surface area contributed by atoms with E-state index >= 15 is 0 Å². The van der Waals surface area contributed by atoms with Crippen LogP contribution in [0, 0.1) is 0 Å². The van der Waals surface area contributed by atoms with Gasteiger partial charge in [-0.3, -0.25) is 4.79 Å². The number of carbonyl (C=O) groups excluding carboxylic acids is 1. The minimum Gasteiger partial charge on any atom is -0.399 e. The Labute approximate surface area is 133 Å². The van der Waals surface area contributed by atoms with Crippen LogP contribution in [0.1, 0.15) is 19.3 Å². The molecule has 1 fully saturated rings. The first-order valence-corrected chi connectivity index (χ1v) is 7.55. The molecule has 3 N–H and O–H groups in total. The minimum absolute atomic E-state index is 0.161. The zero-order chi connectivity index (χ0) is 15.2. The number of halogens is 2. The van der Waals surface area contributed by atoms with E-state index in [1.165, 1.54) is 12.1 Å². The Morgan fingerprint density at radius 3 is 2.76 bits per heavy atom. The van der Waals surface area contributed by atoms with Crippen LogP contribution in [0.4, 0.5) is 11.4 Å². The maximum absolute atomic E-state index is 11.8. The van der Waals surface area contributed by atoms with Gasteiger partial charge >= 0.3 is 0 Å². The van der Waals surface area contributed by atoms with Crippen LogP contribution in [-0.4, -0.2) is 31.8 Å². The smallest absolute Gasteiger partial charge is 0.226 e. The molecule has 0 saturated carbocycles. The Balaban J connectivity index is 1.74. The van der Waals surface area contributed by atoms with Crippen molar-refractivity contribution in [3.63, 3.8) is 0 Å². The standard InChI is InChI=1S/C14H18Cl2N2O3/c15-11-6-9(17)7-12(16)14(11)18-13(19)3-5-20-8-10-2-1-4-21-10/h6-7,10H,1-5,8,17H2,(H,18,19). The number of nitrogens with two attached hydrogens (primary N) is 1. The third kappa shape index (κ3) is 5.04. The van der Waals surface area contributed by atoms with Gasteiger partial charge in [-0.2, -0.15) is 0 Å². The van der Waals surface area contributed by atoms with Crippen molar-refractivity contribution in [1.29, 1.82) is 0 Å². The Bertz CT molecular complexity index is 482. The van der Waals surface area contributed by atoms with Crippen molar-refractivity contribution < 1.29 is 14.3 Å². The predicted molar refractivity (Wildman–Crippen MR) is 83.9 cm³/mol. The van der Waals surface area contributed by atoms with Gasteiger partial charge in [0.15, 0.2) is 0 Å². The number of rotatable bonds is 6. The van der Waals surface area contributed by atoms with Gasteiger partial charge in [-0.25, -0.2) is 0 Å². The third-order valence-electron chi connectivity index (χ3n) is 3.13. The summed E-state index contributed by atoms with van der Waals surface area (Å²) in [5.74, 6) is -0.212. The Hall–Kier alpha value is -1.01. The third-order valence-corrected chi connectivity index (χ3v) is 3.73. The molecule has 5 nitrogen and oxygen atoms in total. The molecule has 0 bridgehead atoms. The van der Waals surface area contributed by atoms with E-state index in [2.05, 4.69) is 5.32 Å². The molecular formula is C14H18Cl2N2O3. The van der Waals surface area contributed by atoms with E-state index in [1.807, 2.05) is 0 Å². The van der Waals surface area contributed by atoms with E-state index in [-0.39, 0.29) is 18.4 Å². The molecule has 1 aromatic rings. The average molecular weight is 333 g/mol. The van der Waals surface area contributed by atoms with Crippen molar-refractivity contribution in [2.24, 2.45) is 0 Å². The van der Waals surface area contributed by atoms with Crippen LogP contribution in [0.2, 0.25) is 10.0 Å². The number of anilines is 2. The van der Waals surface area contributed by atoms with E-state index in [4.69, 9.17) is 38.4 Å². The largest absolute Gasteiger partial charge is 0.399 e. The fourth-order valence-corrected chi connectivity index (χ4v) is 2.67. The molecule has 1 aliphatic rings. The number of benzene rings is 1. The molecule has 1 unspecified atom stereocenters. The van der Waals surface area contributed by atoms with Gasteiger partial charge in [0.25, 0.3) is 0 Å². The summed E-state index contributed by atoms with van der Waals surface area (Å²) < 4.78 is 10.9. The summed E-state index contributed by atoms with van der Waals surface area (Å²) >= 11 is 12.0. The van der Waals surface area contributed by atoms with Crippen LogP contribution in [0.5, 0.6) is 0 Å². The van der Waals surface area contributed by atoms with Crippen LogP contribution < -0.4 is 11.1 Å². The Kier molecular flexibility index (Phi) is 6.11. The molecule has 116 valence electrons. The summed E-state index contributed by atoms with van der Waals surface area (Å²) in [6, 6.07) is 3.08. The fourth-order valence-electron chi connectivity index (χ4n) is 2.07. The number of carbonyl (C=O) groups is 1. The number of hydrogen-bond donors (Lipinski definition) is 2. The second-order valence-electron chi connectivity index (χ2n) is 4.87. The number of hydrogen-bond acceptors (Lipinski definition) is 4. The SMILES string of the molecule is Nc1cc(Cl)c(NC(=O)CCOCC2CCCO2)c(Cl)c1. The average Bonchev–Trinajstić information content (AvgIpc) is 2.92. The second kappa shape index (κ2) is 7.84. The van der Waals surface area contributed by atoms with E-state index in [9.17, 15) is 4.79 Å². The van der Waals surface area contributed by atoms with Gasteiger partial charge in [0.2, 0.25) is 5.91 Å². The molecule has 0 radical (unpaired) electrons. The minimum atomic E-state index is -0.212. The predicted octanol–water partition coefficient (Wildman–Crippen LogP) is 3.10. The van der Waals surface area contributed by atoms with Crippen molar-refractivity contribution >= 4 is 40.5 Å². The highest BCUT2D eigenvalue weighted by Gasteiger charge is 2.16. The number of ether oxygens (including phenoxy) is 2. The van der Waals surface area contributed by atoms with Crippen LogP contribution in [0.3, 0.4) is 0 Å². The van der Waals surface area contributed by atoms with Crippen molar-refractivity contribution in [3.05, 3.63) is 22.2 Å². The summed E-state index contributed by atoms with van der Waals surface area (Å²) in [6.45, 7) is 1.65. The van der Waals surface area contributed by atoms with Gasteiger partial charge in [0, 0.05) is 12.3 Å². The summed E-state index contributed by atoms with van der Waals surface area (Å²) in [5, 5.41) is 3.29. The van der Waals surface area contributed by atoms with Crippen LogP contribution in [0.15, 0.2) is 12.1 Å². The molecule has 1 heterocycles. The zero-order valence-electron chi connectivity index (χ0n) is 11.5. The number of nitrogens with one attached hydrogen (secondary N) is 1. The van der Waals surface area contributed by atoms with E-state index in [1.54, 1.807) is 0 Å². The lowest BCUT2D eigenvalue weighted by Gasteiger charge is -2.12. The molecule has 2 rings (SSSR count). The summed E-state index contributed by atoms with van der Waals surface area (Å²) in [5.41, 5.74) is 6.42. The van der Waals surface area contributed by atoms with Crippen molar-refractivity contribution in [2.75, 3.05) is 30.9 Å². The Morgan fingerprint density at radius 2 is 2.14 bits per heavy atom.